The molecule has 1 rings (SSSR count). The number of carbonyl (C=O) groups excluding carboxylic acids is 1. The number of carbonyl (C=O) groups is 2. The van der Waals surface area contributed by atoms with Crippen molar-refractivity contribution in [1.82, 2.24) is 10.2 Å². The zero-order chi connectivity index (χ0) is 15.1. The molecule has 0 aliphatic carbocycles. The van der Waals surface area contributed by atoms with E-state index in [0.717, 1.165) is 10.0 Å². The molecule has 0 fully saturated rings. The SMILES string of the molecule is CCC[C@H](NC(=O)N(C)Cc1cccc(Br)c1)C(=O)O. The molecule has 20 heavy (non-hydrogen) atoms. The summed E-state index contributed by atoms with van der Waals surface area (Å²) >= 11 is 3.37. The van der Waals surface area contributed by atoms with Gasteiger partial charge < -0.3 is 15.3 Å². The average Bonchev–Trinajstić information content (AvgIpc) is 2.37. The monoisotopic (exact) mass is 342 g/mol. The number of halogens is 1. The second-order valence-corrected chi connectivity index (χ2v) is 5.53. The van der Waals surface area contributed by atoms with E-state index in [-0.39, 0.29) is 6.03 Å². The summed E-state index contributed by atoms with van der Waals surface area (Å²) in [5.74, 6) is -1.00. The minimum Gasteiger partial charge on any atom is -0.480 e. The number of hydrogen-bond donors (Lipinski definition) is 2. The molecule has 0 aliphatic heterocycles. The number of rotatable bonds is 6. The summed E-state index contributed by atoms with van der Waals surface area (Å²) < 4.78 is 0.943. The van der Waals surface area contributed by atoms with Gasteiger partial charge in [-0.2, -0.15) is 0 Å². The molecule has 0 unspecified atom stereocenters. The van der Waals surface area contributed by atoms with Crippen LogP contribution in [0.5, 0.6) is 0 Å². The molecule has 1 aromatic rings. The Morgan fingerprint density at radius 3 is 2.70 bits per heavy atom. The predicted octanol–water partition coefficient (Wildman–Crippen LogP) is 2.84. The van der Waals surface area contributed by atoms with Gasteiger partial charge in [0.2, 0.25) is 0 Å². The van der Waals surface area contributed by atoms with E-state index in [1.54, 1.807) is 7.05 Å². The van der Waals surface area contributed by atoms with Gasteiger partial charge in [0.15, 0.2) is 0 Å². The van der Waals surface area contributed by atoms with Crippen LogP contribution in [0.15, 0.2) is 28.7 Å². The highest BCUT2D eigenvalue weighted by Gasteiger charge is 2.20. The van der Waals surface area contributed by atoms with Crippen LogP contribution in [0, 0.1) is 0 Å². The van der Waals surface area contributed by atoms with Crippen LogP contribution in [0.2, 0.25) is 0 Å². The van der Waals surface area contributed by atoms with Crippen molar-refractivity contribution in [3.8, 4) is 0 Å². The molecule has 6 heteroatoms. The summed E-state index contributed by atoms with van der Waals surface area (Å²) in [6.07, 6.45) is 1.12. The molecule has 0 aliphatic rings. The number of urea groups is 1. The standard InChI is InChI=1S/C14H19BrN2O3/c1-3-5-12(13(18)19)16-14(20)17(2)9-10-6-4-7-11(15)8-10/h4,6-8,12H,3,5,9H2,1-2H3,(H,16,20)(H,18,19)/t12-/m0/s1. The van der Waals surface area contributed by atoms with Gasteiger partial charge >= 0.3 is 12.0 Å². The van der Waals surface area contributed by atoms with Crippen molar-refractivity contribution in [2.75, 3.05) is 7.05 Å². The molecule has 110 valence electrons. The van der Waals surface area contributed by atoms with Gasteiger partial charge in [-0.05, 0) is 24.1 Å². The maximum absolute atomic E-state index is 12.0. The Morgan fingerprint density at radius 1 is 1.45 bits per heavy atom. The van der Waals surface area contributed by atoms with Crippen molar-refractivity contribution in [3.05, 3.63) is 34.3 Å². The smallest absolute Gasteiger partial charge is 0.326 e. The number of benzene rings is 1. The summed E-state index contributed by atoms with van der Waals surface area (Å²) in [5, 5.41) is 11.5. The lowest BCUT2D eigenvalue weighted by Gasteiger charge is -2.21. The molecule has 5 nitrogen and oxygen atoms in total. The van der Waals surface area contributed by atoms with Gasteiger partial charge in [0.1, 0.15) is 6.04 Å². The molecule has 0 radical (unpaired) electrons. The van der Waals surface area contributed by atoms with E-state index in [1.807, 2.05) is 31.2 Å². The fraction of sp³-hybridized carbons (Fsp3) is 0.429. The summed E-state index contributed by atoms with van der Waals surface area (Å²) in [7, 11) is 1.64. The fourth-order valence-electron chi connectivity index (χ4n) is 1.79. The first-order valence-electron chi connectivity index (χ1n) is 6.43. The molecule has 0 spiro atoms. The van der Waals surface area contributed by atoms with Crippen LogP contribution < -0.4 is 5.32 Å². The second kappa shape index (κ2) is 7.89. The van der Waals surface area contributed by atoms with Crippen molar-refractivity contribution < 1.29 is 14.7 Å². The predicted molar refractivity (Wildman–Crippen MR) is 80.5 cm³/mol. The lowest BCUT2D eigenvalue weighted by atomic mass is 10.2. The second-order valence-electron chi connectivity index (χ2n) is 4.61. The van der Waals surface area contributed by atoms with Crippen molar-refractivity contribution in [2.45, 2.75) is 32.4 Å². The largest absolute Gasteiger partial charge is 0.480 e. The maximum Gasteiger partial charge on any atom is 0.326 e. The fourth-order valence-corrected chi connectivity index (χ4v) is 2.23. The number of nitrogens with zero attached hydrogens (tertiary/aromatic N) is 1. The molecule has 0 heterocycles. The van der Waals surface area contributed by atoms with Gasteiger partial charge in [-0.15, -0.1) is 0 Å². The lowest BCUT2D eigenvalue weighted by Crippen LogP contribution is -2.46. The van der Waals surface area contributed by atoms with Crippen LogP contribution in [0.3, 0.4) is 0 Å². The van der Waals surface area contributed by atoms with Crippen LogP contribution in [0.4, 0.5) is 4.79 Å². The Labute approximate surface area is 127 Å². The molecule has 1 atom stereocenters. The zero-order valence-corrected chi connectivity index (χ0v) is 13.2. The normalized spacial score (nSPS) is 11.8. The van der Waals surface area contributed by atoms with Crippen LogP contribution in [-0.2, 0) is 11.3 Å². The third-order valence-electron chi connectivity index (χ3n) is 2.83. The highest BCUT2D eigenvalue weighted by molar-refractivity contribution is 9.10. The molecule has 2 N–H and O–H groups in total. The van der Waals surface area contributed by atoms with Crippen molar-refractivity contribution in [2.24, 2.45) is 0 Å². The molecule has 0 bridgehead atoms. The molecule has 0 saturated carbocycles. The minimum absolute atomic E-state index is 0.383. The van der Waals surface area contributed by atoms with E-state index < -0.39 is 12.0 Å². The quantitative estimate of drug-likeness (QED) is 0.835. The molecule has 1 aromatic carbocycles. The third-order valence-corrected chi connectivity index (χ3v) is 3.32. The third kappa shape index (κ3) is 5.21. The minimum atomic E-state index is -1.00. The Bertz CT molecular complexity index is 479. The number of aliphatic carboxylic acids is 1. The molecular weight excluding hydrogens is 324 g/mol. The maximum atomic E-state index is 12.0. The lowest BCUT2D eigenvalue weighted by molar-refractivity contribution is -0.139. The van der Waals surface area contributed by atoms with E-state index in [1.165, 1.54) is 4.90 Å². The van der Waals surface area contributed by atoms with E-state index in [2.05, 4.69) is 21.2 Å². The van der Waals surface area contributed by atoms with E-state index in [4.69, 9.17) is 5.11 Å². The number of carboxylic acid groups (broad SMARTS) is 1. The number of hydrogen-bond acceptors (Lipinski definition) is 2. The Balaban J connectivity index is 2.60. The van der Waals surface area contributed by atoms with Gasteiger partial charge in [-0.3, -0.25) is 0 Å². The number of nitrogens with one attached hydrogen (secondary N) is 1. The van der Waals surface area contributed by atoms with Gasteiger partial charge in [0.05, 0.1) is 0 Å². The Hall–Kier alpha value is -1.56. The van der Waals surface area contributed by atoms with Crippen LogP contribution in [0.25, 0.3) is 0 Å². The van der Waals surface area contributed by atoms with Crippen molar-refractivity contribution in [3.63, 3.8) is 0 Å². The van der Waals surface area contributed by atoms with Crippen LogP contribution >= 0.6 is 15.9 Å². The highest BCUT2D eigenvalue weighted by atomic mass is 79.9. The van der Waals surface area contributed by atoms with Gasteiger partial charge in [0.25, 0.3) is 0 Å². The van der Waals surface area contributed by atoms with Gasteiger partial charge in [0, 0.05) is 18.1 Å². The van der Waals surface area contributed by atoms with Crippen molar-refractivity contribution in [1.29, 1.82) is 0 Å². The molecule has 0 saturated heterocycles. The summed E-state index contributed by atoms with van der Waals surface area (Å²) in [6.45, 7) is 2.30. The van der Waals surface area contributed by atoms with Gasteiger partial charge in [-0.1, -0.05) is 41.4 Å². The first-order chi connectivity index (χ1) is 9.43. The Morgan fingerprint density at radius 2 is 2.15 bits per heavy atom. The first-order valence-corrected chi connectivity index (χ1v) is 7.22. The van der Waals surface area contributed by atoms with Crippen molar-refractivity contribution >= 4 is 27.9 Å². The Kier molecular flexibility index (Phi) is 6.51. The summed E-state index contributed by atoms with van der Waals surface area (Å²) in [4.78, 5) is 24.4. The topological polar surface area (TPSA) is 69.6 Å². The molecule has 0 aromatic heterocycles. The summed E-state index contributed by atoms with van der Waals surface area (Å²) in [5.41, 5.74) is 0.972. The molecular formula is C14H19BrN2O3. The van der Waals surface area contributed by atoms with Crippen LogP contribution in [0.1, 0.15) is 25.3 Å². The average molecular weight is 343 g/mol. The van der Waals surface area contributed by atoms with E-state index in [9.17, 15) is 9.59 Å². The van der Waals surface area contributed by atoms with E-state index >= 15 is 0 Å². The van der Waals surface area contributed by atoms with Gasteiger partial charge in [-0.25, -0.2) is 9.59 Å². The van der Waals surface area contributed by atoms with E-state index in [0.29, 0.717) is 19.4 Å². The summed E-state index contributed by atoms with van der Waals surface area (Å²) in [6, 6.07) is 6.41. The first kappa shape index (κ1) is 16.5. The zero-order valence-electron chi connectivity index (χ0n) is 11.6. The number of carboxylic acids is 1. The number of amides is 2. The molecule has 2 amide bonds. The van der Waals surface area contributed by atoms with Crippen LogP contribution in [-0.4, -0.2) is 35.1 Å². The highest BCUT2D eigenvalue weighted by Crippen LogP contribution is 2.13.